The van der Waals surface area contributed by atoms with Crippen molar-refractivity contribution in [1.29, 1.82) is 0 Å². The first-order valence-electron chi connectivity index (χ1n) is 12.0. The highest BCUT2D eigenvalue weighted by Gasteiger charge is 2.51. The third kappa shape index (κ3) is 9.13. The van der Waals surface area contributed by atoms with Gasteiger partial charge in [0.25, 0.3) is 0 Å². The summed E-state index contributed by atoms with van der Waals surface area (Å²) >= 11 is 0. The number of hydrogen-bond donors (Lipinski definition) is 1. The number of carbonyl (C=O) groups is 4. The van der Waals surface area contributed by atoms with E-state index in [1.807, 2.05) is 6.92 Å². The molecule has 0 bridgehead atoms. The fourth-order valence-corrected chi connectivity index (χ4v) is 3.26. The molecule has 0 aliphatic rings. The molecule has 1 atom stereocenters. The van der Waals surface area contributed by atoms with Crippen molar-refractivity contribution in [1.82, 2.24) is 9.97 Å². The minimum Gasteiger partial charge on any atom is -0.469 e. The van der Waals surface area contributed by atoms with E-state index in [0.717, 1.165) is 20.6 Å². The number of anilines is 1. The van der Waals surface area contributed by atoms with E-state index in [1.54, 1.807) is 26.8 Å². The Balaban J connectivity index is 3.66. The number of aromatic nitrogens is 2. The molecule has 11 nitrogen and oxygen atoms in total. The van der Waals surface area contributed by atoms with E-state index in [9.17, 15) is 19.2 Å². The number of ether oxygens (including phenoxy) is 4. The highest BCUT2D eigenvalue weighted by Crippen LogP contribution is 2.32. The second kappa shape index (κ2) is 14.7. The Morgan fingerprint density at radius 3 is 2.29 bits per heavy atom. The first kappa shape index (κ1) is 32.0. The molecule has 1 N–H and O–H groups in total. The van der Waals surface area contributed by atoms with Gasteiger partial charge in [-0.2, -0.15) is 0 Å². The first-order valence-corrected chi connectivity index (χ1v) is 12.0. The standard InChI is InChI=1S/C27H37N3O8/c1-9-12-14-37-24(33)27(23(32)36-8,16-21(31)35-7)15-20-28-17-19(29-25(34)38-26(4,5)6)22(30-20)18(11-3)13-10-2/h10-11,13,17H,2-3,9,12,14-16H2,1,4-8H3,(H,29,34)/b18-13+. The molecule has 0 saturated heterocycles. The number of nitrogens with one attached hydrogen (secondary N) is 1. The normalized spacial score (nSPS) is 12.9. The summed E-state index contributed by atoms with van der Waals surface area (Å²) in [6, 6.07) is 0. The molecule has 0 radical (unpaired) electrons. The molecule has 0 aliphatic carbocycles. The van der Waals surface area contributed by atoms with Crippen molar-refractivity contribution >= 4 is 35.3 Å². The predicted octanol–water partition coefficient (Wildman–Crippen LogP) is 4.19. The van der Waals surface area contributed by atoms with Crippen LogP contribution in [0, 0.1) is 5.41 Å². The monoisotopic (exact) mass is 531 g/mol. The van der Waals surface area contributed by atoms with E-state index >= 15 is 0 Å². The van der Waals surface area contributed by atoms with E-state index < -0.39 is 47.9 Å². The van der Waals surface area contributed by atoms with E-state index in [2.05, 4.69) is 28.4 Å². The average molecular weight is 532 g/mol. The van der Waals surface area contributed by atoms with Crippen LogP contribution in [0.2, 0.25) is 0 Å². The van der Waals surface area contributed by atoms with Gasteiger partial charge < -0.3 is 18.9 Å². The van der Waals surface area contributed by atoms with Crippen LogP contribution in [0.15, 0.2) is 37.6 Å². The number of nitrogens with zero attached hydrogens (tertiary/aromatic N) is 2. The third-order valence-electron chi connectivity index (χ3n) is 5.10. The van der Waals surface area contributed by atoms with Gasteiger partial charge >= 0.3 is 24.0 Å². The first-order chi connectivity index (χ1) is 17.9. The van der Waals surface area contributed by atoms with Gasteiger partial charge in [-0.15, -0.1) is 0 Å². The molecule has 0 fully saturated rings. The number of allylic oxidation sites excluding steroid dienone is 4. The van der Waals surface area contributed by atoms with E-state index in [4.69, 9.17) is 18.9 Å². The summed E-state index contributed by atoms with van der Waals surface area (Å²) in [4.78, 5) is 59.7. The van der Waals surface area contributed by atoms with Crippen LogP contribution >= 0.6 is 0 Å². The Labute approximate surface area is 223 Å². The number of unbranched alkanes of at least 4 members (excludes halogenated alkanes) is 1. The van der Waals surface area contributed by atoms with Crippen molar-refractivity contribution in [3.63, 3.8) is 0 Å². The van der Waals surface area contributed by atoms with Gasteiger partial charge in [0.05, 0.1) is 44.8 Å². The predicted molar refractivity (Wildman–Crippen MR) is 141 cm³/mol. The molecule has 11 heteroatoms. The van der Waals surface area contributed by atoms with Gasteiger partial charge in [0.1, 0.15) is 11.4 Å². The summed E-state index contributed by atoms with van der Waals surface area (Å²) < 4.78 is 20.3. The van der Waals surface area contributed by atoms with Gasteiger partial charge in [-0.25, -0.2) is 14.8 Å². The lowest BCUT2D eigenvalue weighted by molar-refractivity contribution is -0.175. The van der Waals surface area contributed by atoms with Gasteiger partial charge in [0.15, 0.2) is 5.41 Å². The molecule has 1 amide bonds. The van der Waals surface area contributed by atoms with Gasteiger partial charge in [-0.1, -0.05) is 44.7 Å². The molecule has 1 unspecified atom stereocenters. The Morgan fingerprint density at radius 2 is 1.76 bits per heavy atom. The van der Waals surface area contributed by atoms with Crippen molar-refractivity contribution in [2.24, 2.45) is 5.41 Å². The number of carbonyl (C=O) groups excluding carboxylic acids is 4. The lowest BCUT2D eigenvalue weighted by Gasteiger charge is -2.27. The Morgan fingerprint density at radius 1 is 1.08 bits per heavy atom. The molecular formula is C27H37N3O8. The maximum Gasteiger partial charge on any atom is 0.412 e. The lowest BCUT2D eigenvalue weighted by Crippen LogP contribution is -2.46. The van der Waals surface area contributed by atoms with Crippen molar-refractivity contribution in [2.45, 2.75) is 59.0 Å². The summed E-state index contributed by atoms with van der Waals surface area (Å²) in [6.07, 6.45) is 5.32. The Hall–Kier alpha value is -4.02. The van der Waals surface area contributed by atoms with Gasteiger partial charge in [0.2, 0.25) is 0 Å². The quantitative estimate of drug-likeness (QED) is 0.129. The summed E-state index contributed by atoms with van der Waals surface area (Å²) in [6.45, 7) is 14.5. The number of hydrogen-bond acceptors (Lipinski definition) is 10. The maximum absolute atomic E-state index is 13.2. The maximum atomic E-state index is 13.2. The van der Waals surface area contributed by atoms with Crippen LogP contribution in [0.25, 0.3) is 5.57 Å². The van der Waals surface area contributed by atoms with Crippen molar-refractivity contribution in [3.05, 3.63) is 49.1 Å². The minimum absolute atomic E-state index is 0.00621. The zero-order valence-electron chi connectivity index (χ0n) is 22.9. The molecule has 1 aromatic rings. The molecule has 0 aliphatic heterocycles. The second-order valence-electron chi connectivity index (χ2n) is 9.23. The van der Waals surface area contributed by atoms with E-state index in [-0.39, 0.29) is 23.8 Å². The van der Waals surface area contributed by atoms with Crippen molar-refractivity contribution in [2.75, 3.05) is 26.1 Å². The van der Waals surface area contributed by atoms with Crippen LogP contribution in [0.1, 0.15) is 58.5 Å². The highest BCUT2D eigenvalue weighted by atomic mass is 16.6. The Kier molecular flexibility index (Phi) is 12.3. The SMILES string of the molecule is C=C/C=C(\C=C)c1nc(CC(CC(=O)OC)(C(=O)OC)C(=O)OCCCC)ncc1NC(=O)OC(C)(C)C. The molecule has 0 spiro atoms. The van der Waals surface area contributed by atoms with Gasteiger partial charge in [-0.05, 0) is 27.2 Å². The van der Waals surface area contributed by atoms with Crippen LogP contribution in [-0.4, -0.2) is 60.4 Å². The second-order valence-corrected chi connectivity index (χ2v) is 9.23. The Bertz CT molecular complexity index is 1070. The fraction of sp³-hybridized carbons (Fsp3) is 0.481. The van der Waals surface area contributed by atoms with Crippen LogP contribution in [0.3, 0.4) is 0 Å². The molecule has 1 aromatic heterocycles. The molecule has 1 heterocycles. The lowest BCUT2D eigenvalue weighted by atomic mass is 9.80. The minimum atomic E-state index is -2.11. The summed E-state index contributed by atoms with van der Waals surface area (Å²) in [5, 5.41) is 2.60. The summed E-state index contributed by atoms with van der Waals surface area (Å²) in [5.41, 5.74) is -2.01. The van der Waals surface area contributed by atoms with Crippen LogP contribution in [0.5, 0.6) is 0 Å². The topological polar surface area (TPSA) is 143 Å². The van der Waals surface area contributed by atoms with E-state index in [0.29, 0.717) is 12.0 Å². The number of methoxy groups -OCH3 is 2. The van der Waals surface area contributed by atoms with Crippen molar-refractivity contribution < 1.29 is 38.1 Å². The van der Waals surface area contributed by atoms with Gasteiger partial charge in [-0.3, -0.25) is 19.7 Å². The van der Waals surface area contributed by atoms with Crippen LogP contribution in [0.4, 0.5) is 10.5 Å². The molecule has 0 aromatic carbocycles. The molecule has 1 rings (SSSR count). The number of rotatable bonds is 13. The van der Waals surface area contributed by atoms with Crippen LogP contribution in [-0.2, 0) is 39.8 Å². The van der Waals surface area contributed by atoms with E-state index in [1.165, 1.54) is 18.3 Å². The molecule has 0 saturated carbocycles. The molecule has 38 heavy (non-hydrogen) atoms. The summed E-state index contributed by atoms with van der Waals surface area (Å²) in [5.74, 6) is -2.80. The third-order valence-corrected chi connectivity index (χ3v) is 5.10. The smallest absolute Gasteiger partial charge is 0.412 e. The van der Waals surface area contributed by atoms with Crippen LogP contribution < -0.4 is 5.32 Å². The number of amides is 1. The molecule has 208 valence electrons. The fourth-order valence-electron chi connectivity index (χ4n) is 3.26. The molecular weight excluding hydrogens is 494 g/mol. The summed E-state index contributed by atoms with van der Waals surface area (Å²) in [7, 11) is 2.23. The highest BCUT2D eigenvalue weighted by molar-refractivity contribution is 6.03. The zero-order valence-corrected chi connectivity index (χ0v) is 22.9. The zero-order chi connectivity index (χ0) is 28.9. The van der Waals surface area contributed by atoms with Gasteiger partial charge in [0, 0.05) is 12.0 Å². The number of esters is 3. The van der Waals surface area contributed by atoms with Crippen molar-refractivity contribution in [3.8, 4) is 0 Å². The average Bonchev–Trinajstić information content (AvgIpc) is 2.86. The largest absolute Gasteiger partial charge is 0.469 e.